The molecule has 0 aliphatic rings. The first-order valence-corrected chi connectivity index (χ1v) is 25.1. The van der Waals surface area contributed by atoms with Crippen molar-refractivity contribution >= 4 is 144 Å². The maximum atomic E-state index is 12.0. The Morgan fingerprint density at radius 3 is 1.38 bits per heavy atom. The number of benzene rings is 9. The van der Waals surface area contributed by atoms with Crippen molar-refractivity contribution in [3.63, 3.8) is 0 Å². The molecule has 0 radical (unpaired) electrons. The number of fused-ring (bicyclic) bond motifs is 18. The third kappa shape index (κ3) is 5.17. The fourth-order valence-corrected chi connectivity index (χ4v) is 15.0. The molecule has 0 amide bonds. The lowest BCUT2D eigenvalue weighted by Crippen LogP contribution is -2.09. The Balaban J connectivity index is 1.27. The van der Waals surface area contributed by atoms with Gasteiger partial charge in [0.25, 0.3) is 0 Å². The van der Waals surface area contributed by atoms with E-state index in [-0.39, 0.29) is 0 Å². The van der Waals surface area contributed by atoms with Crippen LogP contribution in [0.1, 0.15) is 5.56 Å². The van der Waals surface area contributed by atoms with E-state index in [2.05, 4.69) is 183 Å². The normalized spacial score (nSPS) is 12.0. The average molecular weight is 930 g/mol. The second-order valence-electron chi connectivity index (χ2n) is 17.5. The van der Waals surface area contributed by atoms with Crippen molar-refractivity contribution in [3.05, 3.63) is 205 Å². The molecule has 5 nitrogen and oxygen atoms in total. The van der Waals surface area contributed by atoms with Crippen molar-refractivity contribution in [2.24, 2.45) is 0 Å². The molecule has 0 unspecified atom stereocenters. The fraction of sp³-hybridized carbons (Fsp3) is 0. The van der Waals surface area contributed by atoms with Crippen LogP contribution >= 0.6 is 34.0 Å². The van der Waals surface area contributed by atoms with Gasteiger partial charge >= 0.3 is 0 Å². The molecule has 0 aliphatic carbocycles. The van der Waals surface area contributed by atoms with Gasteiger partial charge in [0.15, 0.2) is 0 Å². The smallest absolute Gasteiger partial charge is 0.220 e. The largest absolute Gasteiger partial charge is 0.316 e. The molecule has 69 heavy (non-hydrogen) atoms. The van der Waals surface area contributed by atoms with Gasteiger partial charge in [0.2, 0.25) is 5.69 Å². The van der Waals surface area contributed by atoms with Crippen LogP contribution in [0.15, 0.2) is 188 Å². The second-order valence-corrected chi connectivity index (χ2v) is 20.7. The first-order chi connectivity index (χ1) is 34.2. The standard InChI is InChI=1S/C61H31N5S3/c1-63-53-51(35-29-31-64-32-30-35)46(33-62)54(65-47-19-9-5-15-36(47)40-23-26-43-37-16-6-10-20-48(37)67-59(43)55(40)65)52(34-13-3-2-4-14-34)58(53)66-56-41(24-27-44-38-17-7-11-21-49(38)68-60(44)56)42-25-28-45-39-18-8-12-22-50(39)69-61(45)57(42)66/h2-32H. The van der Waals surface area contributed by atoms with Crippen molar-refractivity contribution in [1.82, 2.24) is 14.1 Å². The quantitative estimate of drug-likeness (QED) is 0.165. The van der Waals surface area contributed by atoms with Gasteiger partial charge < -0.3 is 9.13 Å². The Morgan fingerprint density at radius 1 is 0.420 bits per heavy atom. The number of nitrogens with zero attached hydrogens (tertiary/aromatic N) is 5. The van der Waals surface area contributed by atoms with Crippen molar-refractivity contribution in [2.75, 3.05) is 0 Å². The lowest BCUT2D eigenvalue weighted by atomic mass is 9.89. The maximum absolute atomic E-state index is 12.0. The number of para-hydroxylation sites is 1. The van der Waals surface area contributed by atoms with E-state index in [4.69, 9.17) is 0 Å². The van der Waals surface area contributed by atoms with Crippen LogP contribution in [0.3, 0.4) is 0 Å². The summed E-state index contributed by atoms with van der Waals surface area (Å²) in [7, 11) is 0. The van der Waals surface area contributed by atoms with E-state index >= 15 is 0 Å². The first-order valence-electron chi connectivity index (χ1n) is 22.7. The molecule has 0 aliphatic heterocycles. The molecule has 0 N–H and O–H groups in total. The molecule has 0 saturated heterocycles. The number of pyridine rings is 1. The van der Waals surface area contributed by atoms with Crippen molar-refractivity contribution < 1.29 is 0 Å². The van der Waals surface area contributed by atoms with Gasteiger partial charge in [0.1, 0.15) is 6.07 Å². The summed E-state index contributed by atoms with van der Waals surface area (Å²) in [4.78, 5) is 9.09. The van der Waals surface area contributed by atoms with Crippen LogP contribution in [0.4, 0.5) is 5.69 Å². The minimum Gasteiger partial charge on any atom is -0.316 e. The van der Waals surface area contributed by atoms with Gasteiger partial charge in [-0.2, -0.15) is 5.26 Å². The molecule has 6 aromatic heterocycles. The third-order valence-corrected chi connectivity index (χ3v) is 17.7. The number of nitriles is 1. The minimum absolute atomic E-state index is 0.406. The topological polar surface area (TPSA) is 50.9 Å². The summed E-state index contributed by atoms with van der Waals surface area (Å²) in [6.45, 7) is 9.49. The van der Waals surface area contributed by atoms with Crippen LogP contribution in [0.25, 0.3) is 143 Å². The minimum atomic E-state index is 0.406. The summed E-state index contributed by atoms with van der Waals surface area (Å²) < 4.78 is 11.8. The Hall–Kier alpha value is -8.63. The van der Waals surface area contributed by atoms with Gasteiger partial charge in [-0.05, 0) is 47.5 Å². The number of hydrogen-bond donors (Lipinski definition) is 0. The summed E-state index contributed by atoms with van der Waals surface area (Å²) in [5.74, 6) is 0. The highest BCUT2D eigenvalue weighted by molar-refractivity contribution is 7.27. The van der Waals surface area contributed by atoms with Crippen molar-refractivity contribution in [2.45, 2.75) is 0 Å². The Kier molecular flexibility index (Phi) is 8.05. The molecule has 15 aromatic rings. The van der Waals surface area contributed by atoms with E-state index < -0.39 is 0 Å². The third-order valence-electron chi connectivity index (χ3n) is 14.1. The van der Waals surface area contributed by atoms with Gasteiger partial charge in [-0.15, -0.1) is 34.0 Å². The van der Waals surface area contributed by atoms with Crippen molar-refractivity contribution in [3.8, 4) is 39.7 Å². The fourth-order valence-electron chi connectivity index (χ4n) is 11.3. The van der Waals surface area contributed by atoms with E-state index in [0.29, 0.717) is 16.8 Å². The van der Waals surface area contributed by atoms with Crippen LogP contribution in [-0.4, -0.2) is 14.1 Å². The summed E-state index contributed by atoms with van der Waals surface area (Å²) in [6, 6.07) is 65.3. The van der Waals surface area contributed by atoms with Crippen LogP contribution in [0.2, 0.25) is 0 Å². The molecule has 318 valence electrons. The number of thiophene rings is 3. The number of hydrogen-bond acceptors (Lipinski definition) is 5. The van der Waals surface area contributed by atoms with Crippen molar-refractivity contribution in [1.29, 1.82) is 5.26 Å². The Labute approximate surface area is 405 Å². The first kappa shape index (κ1) is 38.5. The van der Waals surface area contributed by atoms with Gasteiger partial charge in [-0.3, -0.25) is 4.98 Å². The Morgan fingerprint density at radius 2 is 0.855 bits per heavy atom. The number of aromatic nitrogens is 3. The zero-order valence-electron chi connectivity index (χ0n) is 36.4. The molecule has 0 fully saturated rings. The molecule has 8 heteroatoms. The maximum Gasteiger partial charge on any atom is 0.220 e. The van der Waals surface area contributed by atoms with E-state index in [1.165, 1.54) is 46.4 Å². The van der Waals surface area contributed by atoms with Crippen LogP contribution in [-0.2, 0) is 0 Å². The van der Waals surface area contributed by atoms with E-state index in [0.717, 1.165) is 85.8 Å². The molecular weight excluding hydrogens is 899 g/mol. The van der Waals surface area contributed by atoms with E-state index in [9.17, 15) is 11.8 Å². The van der Waals surface area contributed by atoms with Gasteiger partial charge in [0, 0.05) is 91.5 Å². The van der Waals surface area contributed by atoms with Gasteiger partial charge in [0.05, 0.1) is 59.7 Å². The van der Waals surface area contributed by atoms with Gasteiger partial charge in [-0.1, -0.05) is 140 Å². The summed E-state index contributed by atoms with van der Waals surface area (Å²) >= 11 is 5.39. The molecule has 0 atom stereocenters. The summed E-state index contributed by atoms with van der Waals surface area (Å²) in [5, 5.41) is 23.6. The molecule has 0 bridgehead atoms. The summed E-state index contributed by atoms with van der Waals surface area (Å²) in [5.41, 5.74) is 9.45. The highest BCUT2D eigenvalue weighted by Crippen LogP contribution is 2.55. The molecule has 0 saturated carbocycles. The number of rotatable bonds is 4. The van der Waals surface area contributed by atoms with E-state index in [1.807, 2.05) is 18.2 Å². The predicted molar refractivity (Wildman–Crippen MR) is 293 cm³/mol. The highest BCUT2D eigenvalue weighted by Gasteiger charge is 2.33. The lowest BCUT2D eigenvalue weighted by molar-refractivity contribution is 1.14. The second kappa shape index (κ2) is 14.4. The van der Waals surface area contributed by atoms with Crippen LogP contribution in [0, 0.1) is 17.9 Å². The van der Waals surface area contributed by atoms with Gasteiger partial charge in [-0.25, -0.2) is 4.85 Å². The van der Waals surface area contributed by atoms with Crippen LogP contribution < -0.4 is 0 Å². The molecular formula is C61H31N5S3. The predicted octanol–water partition coefficient (Wildman–Crippen LogP) is 18.1. The zero-order valence-corrected chi connectivity index (χ0v) is 38.8. The molecule has 9 aromatic carbocycles. The summed E-state index contributed by atoms with van der Waals surface area (Å²) in [6.07, 6.45) is 3.52. The van der Waals surface area contributed by atoms with E-state index in [1.54, 1.807) is 46.4 Å². The monoisotopic (exact) mass is 929 g/mol. The molecule has 6 heterocycles. The SMILES string of the molecule is [C-]#[N+]c1c(-c2ccncc2)c(C#N)c(-n2c3ccccc3c3ccc4c5ccccc5sc4c32)c(-c2ccccc2)c1-n1c2c(ccc3c4ccccc4sc32)c2ccc3c4ccccc4sc3c21. The van der Waals surface area contributed by atoms with Crippen LogP contribution in [0.5, 0.6) is 0 Å². The Bertz CT molecular complexity index is 4670. The molecule has 15 rings (SSSR count). The lowest BCUT2D eigenvalue weighted by Gasteiger charge is -2.26. The molecule has 0 spiro atoms. The highest BCUT2D eigenvalue weighted by atomic mass is 32.1. The average Bonchev–Trinajstić information content (AvgIpc) is 4.23. The zero-order chi connectivity index (χ0) is 45.5.